The summed E-state index contributed by atoms with van der Waals surface area (Å²) in [6.07, 6.45) is 1.84. The molecule has 7 nitrogen and oxygen atoms in total. The second-order valence-electron chi connectivity index (χ2n) is 10.8. The van der Waals surface area contributed by atoms with Gasteiger partial charge in [0, 0.05) is 18.7 Å². The second-order valence-corrected chi connectivity index (χ2v) is 10.8. The Labute approximate surface area is 218 Å². The number of benzene rings is 2. The minimum atomic E-state index is -0.470. The molecule has 1 aliphatic rings. The van der Waals surface area contributed by atoms with Gasteiger partial charge in [0.1, 0.15) is 0 Å². The summed E-state index contributed by atoms with van der Waals surface area (Å²) in [5, 5.41) is 7.99. The highest BCUT2D eigenvalue weighted by Crippen LogP contribution is 2.36. The molecule has 0 radical (unpaired) electrons. The number of aromatic nitrogens is 2. The zero-order valence-electron chi connectivity index (χ0n) is 22.3. The normalized spacial score (nSPS) is 15.7. The van der Waals surface area contributed by atoms with Crippen molar-refractivity contribution in [3.63, 3.8) is 0 Å². The fraction of sp³-hybridized carbons (Fsp3) is 0.448. The van der Waals surface area contributed by atoms with E-state index in [0.717, 1.165) is 29.8 Å². The van der Waals surface area contributed by atoms with Gasteiger partial charge in [-0.3, -0.25) is 0 Å². The van der Waals surface area contributed by atoms with E-state index in [0.29, 0.717) is 19.0 Å². The summed E-state index contributed by atoms with van der Waals surface area (Å²) in [6.45, 7) is 11.3. The van der Waals surface area contributed by atoms with Crippen molar-refractivity contribution in [1.29, 1.82) is 0 Å². The molecule has 0 unspecified atom stereocenters. The van der Waals surface area contributed by atoms with E-state index in [2.05, 4.69) is 5.32 Å². The van der Waals surface area contributed by atoms with Crippen LogP contribution in [0.5, 0.6) is 11.6 Å². The maximum absolute atomic E-state index is 14.7. The number of hydrogen-bond donors (Lipinski definition) is 1. The molecule has 8 heteroatoms. The van der Waals surface area contributed by atoms with E-state index >= 15 is 0 Å². The van der Waals surface area contributed by atoms with Crippen LogP contribution in [0, 0.1) is 5.82 Å². The van der Waals surface area contributed by atoms with E-state index in [9.17, 15) is 9.18 Å². The number of carbonyl (C=O) groups is 1. The van der Waals surface area contributed by atoms with Gasteiger partial charge in [-0.25, -0.2) is 13.9 Å². The Morgan fingerprint density at radius 2 is 1.89 bits per heavy atom. The monoisotopic (exact) mass is 508 g/mol. The second kappa shape index (κ2) is 11.3. The smallest absolute Gasteiger partial charge is 0.318 e. The largest absolute Gasteiger partial charge is 0.435 e. The van der Waals surface area contributed by atoms with Gasteiger partial charge >= 0.3 is 6.03 Å². The fourth-order valence-corrected chi connectivity index (χ4v) is 4.39. The molecule has 4 rings (SSSR count). The molecule has 1 fully saturated rings. The molecule has 2 amide bonds. The molecule has 3 aromatic rings. The molecule has 0 spiro atoms. The molecule has 2 heterocycles. The van der Waals surface area contributed by atoms with Crippen LogP contribution in [0.25, 0.3) is 5.69 Å². The van der Waals surface area contributed by atoms with Crippen LogP contribution in [0.15, 0.2) is 54.6 Å². The Kier molecular flexibility index (Phi) is 8.17. The number of rotatable bonds is 8. The zero-order chi connectivity index (χ0) is 26.6. The van der Waals surface area contributed by atoms with Crippen LogP contribution < -0.4 is 10.1 Å². The number of nitrogens with zero attached hydrogens (tertiary/aromatic N) is 3. The van der Waals surface area contributed by atoms with E-state index < -0.39 is 11.4 Å². The lowest BCUT2D eigenvalue weighted by Gasteiger charge is -2.30. The topological polar surface area (TPSA) is 68.6 Å². The zero-order valence-corrected chi connectivity index (χ0v) is 22.3. The van der Waals surface area contributed by atoms with Gasteiger partial charge in [-0.1, -0.05) is 44.2 Å². The third-order valence-electron chi connectivity index (χ3n) is 6.12. The predicted octanol–water partition coefficient (Wildman–Crippen LogP) is 6.42. The van der Waals surface area contributed by atoms with Gasteiger partial charge in [0.25, 0.3) is 0 Å². The number of amides is 2. The molecule has 1 atom stereocenters. The van der Waals surface area contributed by atoms with Crippen molar-refractivity contribution in [2.75, 3.05) is 13.2 Å². The van der Waals surface area contributed by atoms with Gasteiger partial charge in [-0.15, -0.1) is 0 Å². The average Bonchev–Trinajstić information content (AvgIpc) is 3.48. The van der Waals surface area contributed by atoms with Crippen LogP contribution in [0.4, 0.5) is 9.18 Å². The van der Waals surface area contributed by atoms with Gasteiger partial charge in [0.2, 0.25) is 5.88 Å². The highest BCUT2D eigenvalue weighted by atomic mass is 19.1. The maximum atomic E-state index is 14.7. The molecule has 1 saturated heterocycles. The van der Waals surface area contributed by atoms with Crippen LogP contribution >= 0.6 is 0 Å². The van der Waals surface area contributed by atoms with Crippen LogP contribution in [0.1, 0.15) is 64.6 Å². The highest BCUT2D eigenvalue weighted by Gasteiger charge is 2.30. The Balaban J connectivity index is 1.80. The molecular weight excluding hydrogens is 471 g/mol. The van der Waals surface area contributed by atoms with Crippen molar-refractivity contribution in [1.82, 2.24) is 20.0 Å². The van der Waals surface area contributed by atoms with Crippen LogP contribution in [0.2, 0.25) is 0 Å². The third-order valence-corrected chi connectivity index (χ3v) is 6.12. The molecular formula is C29H37FN4O3. The van der Waals surface area contributed by atoms with Gasteiger partial charge in [0.05, 0.1) is 29.6 Å². The molecule has 2 aromatic carbocycles. The molecule has 1 aliphatic heterocycles. The Morgan fingerprint density at radius 3 is 2.51 bits per heavy atom. The molecule has 0 saturated carbocycles. The van der Waals surface area contributed by atoms with E-state index in [1.165, 1.54) is 6.07 Å². The first-order valence-electron chi connectivity index (χ1n) is 12.9. The summed E-state index contributed by atoms with van der Waals surface area (Å²) in [7, 11) is 0. The van der Waals surface area contributed by atoms with Crippen LogP contribution in [-0.4, -0.2) is 45.5 Å². The minimum absolute atomic E-state index is 0.0340. The number of hydrogen-bond acceptors (Lipinski definition) is 4. The first-order valence-corrected chi connectivity index (χ1v) is 12.9. The predicted molar refractivity (Wildman–Crippen MR) is 142 cm³/mol. The third kappa shape index (κ3) is 6.68. The molecule has 1 N–H and O–H groups in total. The van der Waals surface area contributed by atoms with Crippen molar-refractivity contribution in [3.8, 4) is 17.3 Å². The minimum Gasteiger partial charge on any atom is -0.435 e. The maximum Gasteiger partial charge on any atom is 0.318 e. The number of ether oxygens (including phenoxy) is 2. The van der Waals surface area contributed by atoms with Gasteiger partial charge in [0.15, 0.2) is 11.6 Å². The lowest BCUT2D eigenvalue weighted by molar-refractivity contribution is 0.0779. The number of halogens is 1. The summed E-state index contributed by atoms with van der Waals surface area (Å²) in [6, 6.07) is 15.7. The molecule has 0 bridgehead atoms. The van der Waals surface area contributed by atoms with Crippen molar-refractivity contribution < 1.29 is 18.7 Å². The Bertz CT molecular complexity index is 1200. The quantitative estimate of drug-likeness (QED) is 0.381. The highest BCUT2D eigenvalue weighted by molar-refractivity contribution is 5.75. The summed E-state index contributed by atoms with van der Waals surface area (Å²) in [5.41, 5.74) is 1.90. The SMILES string of the molecule is CC(C)c1nn(-c2ccccc2)c(Oc2ccccc2F)c1CN(C[C@@H]1CCCO1)C(=O)NC(C)(C)C. The molecule has 37 heavy (non-hydrogen) atoms. The van der Waals surface area contributed by atoms with E-state index in [-0.39, 0.29) is 30.3 Å². The van der Waals surface area contributed by atoms with E-state index in [1.54, 1.807) is 27.8 Å². The summed E-state index contributed by atoms with van der Waals surface area (Å²) >= 11 is 0. The van der Waals surface area contributed by atoms with Crippen LogP contribution in [-0.2, 0) is 11.3 Å². The Hall–Kier alpha value is -3.39. The first-order chi connectivity index (χ1) is 17.6. The van der Waals surface area contributed by atoms with Gasteiger partial charge in [-0.05, 0) is 63.8 Å². The van der Waals surface area contributed by atoms with E-state index in [1.807, 2.05) is 65.0 Å². The Morgan fingerprint density at radius 1 is 1.19 bits per heavy atom. The molecule has 198 valence electrons. The van der Waals surface area contributed by atoms with Crippen molar-refractivity contribution in [2.45, 2.75) is 71.6 Å². The number of carbonyl (C=O) groups excluding carboxylic acids is 1. The molecule has 1 aromatic heterocycles. The average molecular weight is 509 g/mol. The first kappa shape index (κ1) is 26.7. The molecule has 0 aliphatic carbocycles. The summed E-state index contributed by atoms with van der Waals surface area (Å²) in [4.78, 5) is 15.2. The fourth-order valence-electron chi connectivity index (χ4n) is 4.39. The number of para-hydroxylation sites is 2. The van der Waals surface area contributed by atoms with E-state index in [4.69, 9.17) is 14.6 Å². The van der Waals surface area contributed by atoms with Crippen molar-refractivity contribution in [3.05, 3.63) is 71.7 Å². The van der Waals surface area contributed by atoms with Crippen molar-refractivity contribution >= 4 is 6.03 Å². The summed E-state index contributed by atoms with van der Waals surface area (Å²) < 4.78 is 28.5. The lowest BCUT2D eigenvalue weighted by atomic mass is 10.0. The number of urea groups is 1. The standard InChI is InChI=1S/C29H37FN4O3/c1-20(2)26-23(19-33(18-22-14-11-17-36-22)28(35)31-29(3,4)5)27(37-25-16-10-9-15-24(25)30)34(32-26)21-12-7-6-8-13-21/h6-10,12-13,15-16,20,22H,11,14,17-19H2,1-5H3,(H,31,35)/t22-/m0/s1. The number of nitrogens with one attached hydrogen (secondary N) is 1. The van der Waals surface area contributed by atoms with Gasteiger partial charge in [-0.2, -0.15) is 5.10 Å². The van der Waals surface area contributed by atoms with Gasteiger partial charge < -0.3 is 19.7 Å². The van der Waals surface area contributed by atoms with Crippen molar-refractivity contribution in [2.24, 2.45) is 0 Å². The van der Waals surface area contributed by atoms with Crippen LogP contribution in [0.3, 0.4) is 0 Å². The summed E-state index contributed by atoms with van der Waals surface area (Å²) in [5.74, 6) is 0.0575. The lowest BCUT2D eigenvalue weighted by Crippen LogP contribution is -2.50.